The van der Waals surface area contributed by atoms with Gasteiger partial charge >= 0.3 is 0 Å². The van der Waals surface area contributed by atoms with Gasteiger partial charge in [-0.3, -0.25) is 14.6 Å². The fourth-order valence-corrected chi connectivity index (χ4v) is 3.62. The summed E-state index contributed by atoms with van der Waals surface area (Å²) in [5.74, 6) is -0.306. The van der Waals surface area contributed by atoms with Gasteiger partial charge in [0.05, 0.1) is 0 Å². The van der Waals surface area contributed by atoms with E-state index in [1.54, 1.807) is 12.3 Å². The quantitative estimate of drug-likeness (QED) is 0.326. The van der Waals surface area contributed by atoms with Gasteiger partial charge in [0, 0.05) is 54.4 Å². The van der Waals surface area contributed by atoms with Crippen LogP contribution in [0.3, 0.4) is 0 Å². The van der Waals surface area contributed by atoms with Crippen molar-refractivity contribution in [2.45, 2.75) is 13.3 Å². The lowest BCUT2D eigenvalue weighted by molar-refractivity contribution is -0.114. The highest BCUT2D eigenvalue weighted by atomic mass is 16.2. The minimum atomic E-state index is -0.183. The van der Waals surface area contributed by atoms with E-state index in [0.717, 1.165) is 41.2 Å². The van der Waals surface area contributed by atoms with Gasteiger partial charge in [-0.15, -0.1) is 0 Å². The van der Waals surface area contributed by atoms with Crippen LogP contribution in [0.15, 0.2) is 97.2 Å². The Morgan fingerprint density at radius 3 is 2.09 bits per heavy atom. The molecule has 2 amide bonds. The molecule has 3 aromatic carbocycles. The Kier molecular flexibility index (Phi) is 7.30. The summed E-state index contributed by atoms with van der Waals surface area (Å²) in [4.78, 5) is 28.6. The highest BCUT2D eigenvalue weighted by Gasteiger charge is 2.13. The number of nitrogens with one attached hydrogen (secondary N) is 3. The fourth-order valence-electron chi connectivity index (χ4n) is 3.62. The monoisotopic (exact) mass is 450 g/mol. The van der Waals surface area contributed by atoms with E-state index in [0.29, 0.717) is 11.3 Å². The first-order chi connectivity index (χ1) is 16.6. The number of carbonyl (C=O) groups excluding carboxylic acids is 2. The largest absolute Gasteiger partial charge is 0.385 e. The molecule has 34 heavy (non-hydrogen) atoms. The highest BCUT2D eigenvalue weighted by molar-refractivity contribution is 6.08. The van der Waals surface area contributed by atoms with Gasteiger partial charge in [-0.1, -0.05) is 36.4 Å². The smallest absolute Gasteiger partial charge is 0.256 e. The van der Waals surface area contributed by atoms with Gasteiger partial charge in [0.1, 0.15) is 0 Å². The normalized spacial score (nSPS) is 10.4. The van der Waals surface area contributed by atoms with Gasteiger partial charge in [0.2, 0.25) is 5.91 Å². The lowest BCUT2D eigenvalue weighted by atomic mass is 9.99. The summed E-state index contributed by atoms with van der Waals surface area (Å²) in [6.45, 7) is 2.25. The third kappa shape index (κ3) is 6.07. The number of benzene rings is 3. The van der Waals surface area contributed by atoms with Crippen LogP contribution in [-0.4, -0.2) is 23.3 Å². The molecular weight excluding hydrogens is 424 g/mol. The van der Waals surface area contributed by atoms with Gasteiger partial charge in [-0.05, 0) is 65.7 Å². The van der Waals surface area contributed by atoms with Crippen molar-refractivity contribution in [2.75, 3.05) is 22.5 Å². The molecule has 0 fully saturated rings. The summed E-state index contributed by atoms with van der Waals surface area (Å²) < 4.78 is 0. The van der Waals surface area contributed by atoms with E-state index in [4.69, 9.17) is 0 Å². The van der Waals surface area contributed by atoms with Crippen molar-refractivity contribution in [3.05, 3.63) is 108 Å². The first-order valence-electron chi connectivity index (χ1n) is 11.1. The lowest BCUT2D eigenvalue weighted by Crippen LogP contribution is -2.13. The van der Waals surface area contributed by atoms with Crippen molar-refractivity contribution in [1.29, 1.82) is 0 Å². The molecule has 6 heteroatoms. The number of hydrogen-bond donors (Lipinski definition) is 3. The topological polar surface area (TPSA) is 83.1 Å². The van der Waals surface area contributed by atoms with E-state index in [9.17, 15) is 9.59 Å². The van der Waals surface area contributed by atoms with Crippen molar-refractivity contribution >= 4 is 28.9 Å². The maximum Gasteiger partial charge on any atom is 0.256 e. The molecule has 4 rings (SSSR count). The molecule has 170 valence electrons. The SMILES string of the molecule is CC(=O)Nc1ccc(-c2ccccc2C(=O)Nc2ccc(NCCc3ccccn3)cc2)cc1. The Bertz CT molecular complexity index is 1250. The molecule has 0 saturated heterocycles. The van der Waals surface area contributed by atoms with Gasteiger partial charge in [0.15, 0.2) is 0 Å². The molecule has 3 N–H and O–H groups in total. The molecule has 4 aromatic rings. The second kappa shape index (κ2) is 10.9. The zero-order valence-electron chi connectivity index (χ0n) is 18.9. The third-order valence-electron chi connectivity index (χ3n) is 5.27. The Morgan fingerprint density at radius 2 is 1.38 bits per heavy atom. The minimum Gasteiger partial charge on any atom is -0.385 e. The average Bonchev–Trinajstić information content (AvgIpc) is 2.86. The minimum absolute atomic E-state index is 0.123. The maximum atomic E-state index is 13.0. The molecule has 0 radical (unpaired) electrons. The predicted octanol–water partition coefficient (Wildman–Crippen LogP) is 5.61. The van der Waals surface area contributed by atoms with E-state index >= 15 is 0 Å². The summed E-state index contributed by atoms with van der Waals surface area (Å²) in [5.41, 5.74) is 5.75. The summed E-state index contributed by atoms with van der Waals surface area (Å²) in [7, 11) is 0. The third-order valence-corrected chi connectivity index (χ3v) is 5.27. The molecule has 0 spiro atoms. The average molecular weight is 451 g/mol. The number of hydrogen-bond acceptors (Lipinski definition) is 4. The van der Waals surface area contributed by atoms with Crippen LogP contribution in [0.1, 0.15) is 23.0 Å². The van der Waals surface area contributed by atoms with Crippen molar-refractivity contribution < 1.29 is 9.59 Å². The Labute approximate surface area is 199 Å². The Hall–Kier alpha value is -4.45. The van der Waals surface area contributed by atoms with Crippen molar-refractivity contribution in [3.8, 4) is 11.1 Å². The molecule has 0 aliphatic carbocycles. The predicted molar refractivity (Wildman–Crippen MR) is 137 cm³/mol. The number of amides is 2. The number of rotatable bonds is 8. The van der Waals surface area contributed by atoms with Crippen LogP contribution in [0.25, 0.3) is 11.1 Å². The molecule has 1 aromatic heterocycles. The van der Waals surface area contributed by atoms with E-state index in [1.807, 2.05) is 84.9 Å². The van der Waals surface area contributed by atoms with Crippen LogP contribution in [0.2, 0.25) is 0 Å². The van der Waals surface area contributed by atoms with Gasteiger partial charge in [-0.2, -0.15) is 0 Å². The standard InChI is InChI=1S/C28H26N4O2/c1-20(33)31-24-11-9-21(10-12-24)26-7-2-3-8-27(26)28(34)32-25-15-13-23(14-16-25)30-19-17-22-6-4-5-18-29-22/h2-16,18,30H,17,19H2,1H3,(H,31,33)(H,32,34). The van der Waals surface area contributed by atoms with Crippen molar-refractivity contribution in [3.63, 3.8) is 0 Å². The number of pyridine rings is 1. The molecule has 0 atom stereocenters. The molecule has 0 aliphatic heterocycles. The van der Waals surface area contributed by atoms with Gasteiger partial charge < -0.3 is 16.0 Å². The number of carbonyl (C=O) groups is 2. The van der Waals surface area contributed by atoms with E-state index in [1.165, 1.54) is 6.92 Å². The van der Waals surface area contributed by atoms with Crippen LogP contribution in [0, 0.1) is 0 Å². The van der Waals surface area contributed by atoms with Gasteiger partial charge in [-0.25, -0.2) is 0 Å². The molecule has 0 aliphatic rings. The molecular formula is C28H26N4O2. The highest BCUT2D eigenvalue weighted by Crippen LogP contribution is 2.26. The van der Waals surface area contributed by atoms with Gasteiger partial charge in [0.25, 0.3) is 5.91 Å². The van der Waals surface area contributed by atoms with Crippen LogP contribution in [0.4, 0.5) is 17.1 Å². The molecule has 0 bridgehead atoms. The first kappa shape index (κ1) is 22.7. The Morgan fingerprint density at radius 1 is 0.735 bits per heavy atom. The summed E-state index contributed by atoms with van der Waals surface area (Å²) in [6, 6.07) is 28.5. The molecule has 0 unspecified atom stereocenters. The number of nitrogens with zero attached hydrogens (tertiary/aromatic N) is 1. The van der Waals surface area contributed by atoms with E-state index in [2.05, 4.69) is 20.9 Å². The van der Waals surface area contributed by atoms with Crippen LogP contribution >= 0.6 is 0 Å². The molecule has 0 saturated carbocycles. The first-order valence-corrected chi connectivity index (χ1v) is 11.1. The van der Waals surface area contributed by atoms with Crippen molar-refractivity contribution in [2.24, 2.45) is 0 Å². The zero-order valence-corrected chi connectivity index (χ0v) is 18.9. The second-order valence-corrected chi connectivity index (χ2v) is 7.83. The maximum absolute atomic E-state index is 13.0. The van der Waals surface area contributed by atoms with E-state index < -0.39 is 0 Å². The van der Waals surface area contributed by atoms with Crippen LogP contribution < -0.4 is 16.0 Å². The van der Waals surface area contributed by atoms with Crippen LogP contribution in [0.5, 0.6) is 0 Å². The van der Waals surface area contributed by atoms with Crippen molar-refractivity contribution in [1.82, 2.24) is 4.98 Å². The Balaban J connectivity index is 1.39. The van der Waals surface area contributed by atoms with Crippen LogP contribution in [-0.2, 0) is 11.2 Å². The lowest BCUT2D eigenvalue weighted by Gasteiger charge is -2.12. The summed E-state index contributed by atoms with van der Waals surface area (Å²) >= 11 is 0. The fraction of sp³-hybridized carbons (Fsp3) is 0.107. The summed E-state index contributed by atoms with van der Waals surface area (Å²) in [6.07, 6.45) is 2.63. The molecule has 1 heterocycles. The zero-order chi connectivity index (χ0) is 23.8. The van der Waals surface area contributed by atoms with E-state index in [-0.39, 0.29) is 11.8 Å². The second-order valence-electron chi connectivity index (χ2n) is 7.83. The molecule has 6 nitrogen and oxygen atoms in total. The summed E-state index contributed by atoms with van der Waals surface area (Å²) in [5, 5.41) is 9.11. The number of aromatic nitrogens is 1. The number of anilines is 3.